The van der Waals surface area contributed by atoms with Gasteiger partial charge in [0.1, 0.15) is 4.90 Å². The van der Waals surface area contributed by atoms with Gasteiger partial charge < -0.3 is 5.73 Å². The fourth-order valence-corrected chi connectivity index (χ4v) is 4.13. The van der Waals surface area contributed by atoms with Crippen LogP contribution in [0.5, 0.6) is 0 Å². The van der Waals surface area contributed by atoms with E-state index >= 15 is 0 Å². The molecule has 0 heterocycles. The summed E-state index contributed by atoms with van der Waals surface area (Å²) >= 11 is 6.01. The lowest BCUT2D eigenvalue weighted by atomic mass is 10.1. The Balaban J connectivity index is 2.16. The highest BCUT2D eigenvalue weighted by Crippen LogP contribution is 2.28. The quantitative estimate of drug-likeness (QED) is 0.840. The standard InChI is InChI=1S/C13H19ClN2O2S/c1-9-6-11(14)13(7-12(9)15)19(17,18)16-8-10-4-2-3-5-10/h6-7,10,16H,2-5,8,15H2,1H3. The van der Waals surface area contributed by atoms with Crippen LogP contribution in [0, 0.1) is 12.8 Å². The van der Waals surface area contributed by atoms with Gasteiger partial charge in [-0.2, -0.15) is 0 Å². The number of benzene rings is 1. The Morgan fingerprint density at radius 3 is 2.63 bits per heavy atom. The van der Waals surface area contributed by atoms with Gasteiger partial charge in [-0.3, -0.25) is 0 Å². The molecular weight excluding hydrogens is 284 g/mol. The molecule has 1 aromatic carbocycles. The van der Waals surface area contributed by atoms with Gasteiger partial charge in [0.25, 0.3) is 0 Å². The summed E-state index contributed by atoms with van der Waals surface area (Å²) < 4.78 is 27.1. The summed E-state index contributed by atoms with van der Waals surface area (Å²) in [7, 11) is -3.58. The van der Waals surface area contributed by atoms with Crippen molar-refractivity contribution in [3.05, 3.63) is 22.7 Å². The first-order valence-electron chi connectivity index (χ1n) is 6.45. The molecule has 106 valence electrons. The number of nitrogens with two attached hydrogens (primary N) is 1. The Hall–Kier alpha value is -0.780. The number of nitrogen functional groups attached to an aromatic ring is 1. The fraction of sp³-hybridized carbons (Fsp3) is 0.538. The topological polar surface area (TPSA) is 72.2 Å². The third-order valence-electron chi connectivity index (χ3n) is 3.65. The summed E-state index contributed by atoms with van der Waals surface area (Å²) in [6.07, 6.45) is 4.55. The summed E-state index contributed by atoms with van der Waals surface area (Å²) in [5.41, 5.74) is 6.97. The molecule has 0 aliphatic heterocycles. The van der Waals surface area contributed by atoms with Crippen molar-refractivity contribution >= 4 is 27.3 Å². The van der Waals surface area contributed by atoms with Crippen LogP contribution in [0.25, 0.3) is 0 Å². The summed E-state index contributed by atoms with van der Waals surface area (Å²) in [5, 5.41) is 0.214. The van der Waals surface area contributed by atoms with Gasteiger partial charge in [0.05, 0.1) is 5.02 Å². The van der Waals surface area contributed by atoms with Crippen molar-refractivity contribution in [2.45, 2.75) is 37.5 Å². The number of hydrogen-bond acceptors (Lipinski definition) is 3. The van der Waals surface area contributed by atoms with Crippen molar-refractivity contribution < 1.29 is 8.42 Å². The van der Waals surface area contributed by atoms with Gasteiger partial charge in [0.2, 0.25) is 10.0 Å². The van der Waals surface area contributed by atoms with Crippen molar-refractivity contribution in [3.63, 3.8) is 0 Å². The van der Waals surface area contributed by atoms with E-state index in [9.17, 15) is 8.42 Å². The molecule has 1 saturated carbocycles. The van der Waals surface area contributed by atoms with E-state index in [0.29, 0.717) is 18.2 Å². The Labute approximate surface area is 119 Å². The molecule has 3 N–H and O–H groups in total. The van der Waals surface area contributed by atoms with Crippen LogP contribution >= 0.6 is 11.6 Å². The summed E-state index contributed by atoms with van der Waals surface area (Å²) in [5.74, 6) is 0.441. The average molecular weight is 303 g/mol. The minimum atomic E-state index is -3.58. The molecule has 19 heavy (non-hydrogen) atoms. The van der Waals surface area contributed by atoms with E-state index in [2.05, 4.69) is 4.72 Å². The molecule has 1 fully saturated rings. The van der Waals surface area contributed by atoms with Crippen molar-refractivity contribution in [1.82, 2.24) is 4.72 Å². The van der Waals surface area contributed by atoms with Crippen molar-refractivity contribution in [2.24, 2.45) is 5.92 Å². The van der Waals surface area contributed by atoms with E-state index in [-0.39, 0.29) is 9.92 Å². The molecule has 0 unspecified atom stereocenters. The second kappa shape index (κ2) is 5.69. The first kappa shape index (κ1) is 14.6. The summed E-state index contributed by atoms with van der Waals surface area (Å²) in [6.45, 7) is 2.27. The van der Waals surface area contributed by atoms with Crippen LogP contribution < -0.4 is 10.5 Å². The highest BCUT2D eigenvalue weighted by atomic mass is 35.5. The molecule has 0 bridgehead atoms. The van der Waals surface area contributed by atoms with E-state index < -0.39 is 10.0 Å². The smallest absolute Gasteiger partial charge is 0.242 e. The van der Waals surface area contributed by atoms with Crippen LogP contribution in [0.1, 0.15) is 31.2 Å². The van der Waals surface area contributed by atoms with Crippen LogP contribution in [0.3, 0.4) is 0 Å². The molecule has 0 radical (unpaired) electrons. The molecule has 2 rings (SSSR count). The average Bonchev–Trinajstić information content (AvgIpc) is 2.84. The molecule has 0 aromatic heterocycles. The fourth-order valence-electron chi connectivity index (χ4n) is 2.39. The SMILES string of the molecule is Cc1cc(Cl)c(S(=O)(=O)NCC2CCCC2)cc1N. The zero-order valence-electron chi connectivity index (χ0n) is 10.9. The first-order valence-corrected chi connectivity index (χ1v) is 8.31. The molecular formula is C13H19ClN2O2S. The van der Waals surface area contributed by atoms with Crippen LogP contribution in [0.4, 0.5) is 5.69 Å². The minimum Gasteiger partial charge on any atom is -0.398 e. The number of anilines is 1. The molecule has 0 saturated heterocycles. The van der Waals surface area contributed by atoms with Crippen LogP contribution in [0.2, 0.25) is 5.02 Å². The first-order chi connectivity index (χ1) is 8.90. The second-order valence-electron chi connectivity index (χ2n) is 5.14. The van der Waals surface area contributed by atoms with Crippen LogP contribution in [-0.4, -0.2) is 15.0 Å². The Bertz CT molecular complexity index is 566. The Kier molecular flexibility index (Phi) is 4.38. The number of rotatable bonds is 4. The zero-order chi connectivity index (χ0) is 14.0. The van der Waals surface area contributed by atoms with Gasteiger partial charge in [-0.15, -0.1) is 0 Å². The van der Waals surface area contributed by atoms with Gasteiger partial charge >= 0.3 is 0 Å². The van der Waals surface area contributed by atoms with E-state index in [1.54, 1.807) is 13.0 Å². The largest absolute Gasteiger partial charge is 0.398 e. The van der Waals surface area contributed by atoms with E-state index in [0.717, 1.165) is 18.4 Å². The maximum absolute atomic E-state index is 12.2. The number of aryl methyl sites for hydroxylation is 1. The van der Waals surface area contributed by atoms with Gasteiger partial charge in [0.15, 0.2) is 0 Å². The molecule has 0 atom stereocenters. The van der Waals surface area contributed by atoms with Gasteiger partial charge in [0, 0.05) is 12.2 Å². The molecule has 4 nitrogen and oxygen atoms in total. The number of hydrogen-bond donors (Lipinski definition) is 2. The Morgan fingerprint density at radius 1 is 1.37 bits per heavy atom. The van der Waals surface area contributed by atoms with Crippen molar-refractivity contribution in [1.29, 1.82) is 0 Å². The number of halogens is 1. The maximum atomic E-state index is 12.2. The van der Waals surface area contributed by atoms with E-state index in [4.69, 9.17) is 17.3 Å². The van der Waals surface area contributed by atoms with Crippen molar-refractivity contribution in [2.75, 3.05) is 12.3 Å². The predicted octanol–water partition coefficient (Wildman–Crippen LogP) is 2.70. The molecule has 6 heteroatoms. The lowest BCUT2D eigenvalue weighted by molar-refractivity contribution is 0.519. The third-order valence-corrected chi connectivity index (χ3v) is 5.54. The normalized spacial score (nSPS) is 16.9. The Morgan fingerprint density at radius 2 is 2.00 bits per heavy atom. The zero-order valence-corrected chi connectivity index (χ0v) is 12.5. The van der Waals surface area contributed by atoms with Gasteiger partial charge in [-0.25, -0.2) is 13.1 Å². The van der Waals surface area contributed by atoms with Crippen molar-refractivity contribution in [3.8, 4) is 0 Å². The summed E-state index contributed by atoms with van der Waals surface area (Å²) in [4.78, 5) is 0.0651. The number of sulfonamides is 1. The molecule has 0 amide bonds. The highest BCUT2D eigenvalue weighted by molar-refractivity contribution is 7.89. The van der Waals surface area contributed by atoms with Crippen LogP contribution in [0.15, 0.2) is 17.0 Å². The minimum absolute atomic E-state index is 0.0651. The van der Waals surface area contributed by atoms with Gasteiger partial charge in [-0.05, 0) is 43.4 Å². The summed E-state index contributed by atoms with van der Waals surface area (Å²) in [6, 6.07) is 3.01. The van der Waals surface area contributed by atoms with E-state index in [1.165, 1.54) is 18.9 Å². The molecule has 1 aromatic rings. The van der Waals surface area contributed by atoms with Gasteiger partial charge in [-0.1, -0.05) is 24.4 Å². The molecule has 0 spiro atoms. The number of nitrogens with one attached hydrogen (secondary N) is 1. The van der Waals surface area contributed by atoms with Crippen LogP contribution in [-0.2, 0) is 10.0 Å². The monoisotopic (exact) mass is 302 g/mol. The maximum Gasteiger partial charge on any atom is 0.242 e. The second-order valence-corrected chi connectivity index (χ2v) is 7.28. The molecule has 1 aliphatic rings. The highest BCUT2D eigenvalue weighted by Gasteiger charge is 2.22. The van der Waals surface area contributed by atoms with E-state index in [1.807, 2.05) is 0 Å². The molecule has 1 aliphatic carbocycles. The third kappa shape index (κ3) is 3.41. The predicted molar refractivity (Wildman–Crippen MR) is 77.7 cm³/mol. The lowest BCUT2D eigenvalue weighted by Gasteiger charge is -2.13. The lowest BCUT2D eigenvalue weighted by Crippen LogP contribution is -2.28.